The SMILES string of the molecule is Cc1ccc(-c2c(-c3ccccc3)ccc(-c3ccccc3)c2-c2ccccc2)cc1. The van der Waals surface area contributed by atoms with Crippen molar-refractivity contribution in [3.8, 4) is 44.5 Å². The summed E-state index contributed by atoms with van der Waals surface area (Å²) in [6.45, 7) is 2.14. The highest BCUT2D eigenvalue weighted by molar-refractivity contribution is 6.01. The molecule has 5 rings (SSSR count). The minimum absolute atomic E-state index is 1.23. The molecule has 0 radical (unpaired) electrons. The predicted molar refractivity (Wildman–Crippen MR) is 133 cm³/mol. The zero-order chi connectivity index (χ0) is 21.0. The summed E-state index contributed by atoms with van der Waals surface area (Å²) in [5.74, 6) is 0. The molecule has 0 atom stereocenters. The highest BCUT2D eigenvalue weighted by Gasteiger charge is 2.18. The Hall–Kier alpha value is -3.90. The summed E-state index contributed by atoms with van der Waals surface area (Å²) >= 11 is 0. The third-order valence-electron chi connectivity index (χ3n) is 5.78. The van der Waals surface area contributed by atoms with Crippen molar-refractivity contribution in [2.75, 3.05) is 0 Å². The van der Waals surface area contributed by atoms with Gasteiger partial charge in [0.05, 0.1) is 0 Å². The van der Waals surface area contributed by atoms with Crippen molar-refractivity contribution in [1.29, 1.82) is 0 Å². The molecule has 0 bridgehead atoms. The summed E-state index contributed by atoms with van der Waals surface area (Å²) in [6, 6.07) is 45.6. The molecule has 148 valence electrons. The van der Waals surface area contributed by atoms with Gasteiger partial charge in [0, 0.05) is 0 Å². The molecule has 0 fully saturated rings. The normalized spacial score (nSPS) is 10.7. The van der Waals surface area contributed by atoms with Gasteiger partial charge in [-0.3, -0.25) is 0 Å². The van der Waals surface area contributed by atoms with E-state index in [9.17, 15) is 0 Å². The average molecular weight is 397 g/mol. The van der Waals surface area contributed by atoms with Gasteiger partial charge in [-0.15, -0.1) is 0 Å². The van der Waals surface area contributed by atoms with Crippen LogP contribution < -0.4 is 0 Å². The summed E-state index contributed by atoms with van der Waals surface area (Å²) in [6.07, 6.45) is 0. The highest BCUT2D eigenvalue weighted by atomic mass is 14.2. The molecule has 0 unspecified atom stereocenters. The van der Waals surface area contributed by atoms with Gasteiger partial charge in [0.15, 0.2) is 0 Å². The summed E-state index contributed by atoms with van der Waals surface area (Å²) in [7, 11) is 0. The first-order valence-electron chi connectivity index (χ1n) is 10.7. The minimum atomic E-state index is 1.23. The largest absolute Gasteiger partial charge is 0.0622 e. The fraction of sp³-hybridized carbons (Fsp3) is 0.0323. The lowest BCUT2D eigenvalue weighted by molar-refractivity contribution is 1.46. The molecule has 31 heavy (non-hydrogen) atoms. The lowest BCUT2D eigenvalue weighted by atomic mass is 9.83. The average Bonchev–Trinajstić information content (AvgIpc) is 2.85. The van der Waals surface area contributed by atoms with Crippen LogP contribution in [0.25, 0.3) is 44.5 Å². The standard InChI is InChI=1S/C31H24/c1-23-17-19-27(20-18-23)31-29(25-13-7-3-8-14-25)22-21-28(24-11-5-2-6-12-24)30(31)26-15-9-4-10-16-26/h2-22H,1H3. The van der Waals surface area contributed by atoms with Crippen LogP contribution >= 0.6 is 0 Å². The molecular formula is C31H24. The Kier molecular flexibility index (Phi) is 5.21. The zero-order valence-electron chi connectivity index (χ0n) is 17.6. The Morgan fingerprint density at radius 1 is 0.323 bits per heavy atom. The van der Waals surface area contributed by atoms with E-state index in [1.807, 2.05) is 0 Å². The van der Waals surface area contributed by atoms with Crippen molar-refractivity contribution in [2.45, 2.75) is 6.92 Å². The molecule has 0 amide bonds. The maximum Gasteiger partial charge on any atom is -0.00206 e. The minimum Gasteiger partial charge on any atom is -0.0622 e. The molecule has 0 aliphatic carbocycles. The molecule has 0 spiro atoms. The van der Waals surface area contributed by atoms with Crippen molar-refractivity contribution < 1.29 is 0 Å². The van der Waals surface area contributed by atoms with Gasteiger partial charge in [-0.2, -0.15) is 0 Å². The molecule has 5 aromatic rings. The number of benzene rings is 5. The second kappa shape index (κ2) is 8.45. The fourth-order valence-electron chi connectivity index (χ4n) is 4.24. The molecule has 0 aromatic heterocycles. The van der Waals surface area contributed by atoms with Crippen molar-refractivity contribution in [3.63, 3.8) is 0 Å². The fourth-order valence-corrected chi connectivity index (χ4v) is 4.24. The Bertz CT molecular complexity index is 1280. The van der Waals surface area contributed by atoms with Crippen molar-refractivity contribution >= 4 is 0 Å². The second-order valence-corrected chi connectivity index (χ2v) is 7.87. The van der Waals surface area contributed by atoms with E-state index in [-0.39, 0.29) is 0 Å². The van der Waals surface area contributed by atoms with E-state index < -0.39 is 0 Å². The van der Waals surface area contributed by atoms with Gasteiger partial charge in [0.2, 0.25) is 0 Å². The van der Waals surface area contributed by atoms with Crippen molar-refractivity contribution in [2.24, 2.45) is 0 Å². The Morgan fingerprint density at radius 3 is 1.10 bits per heavy atom. The number of hydrogen-bond donors (Lipinski definition) is 0. The van der Waals surface area contributed by atoms with Crippen LogP contribution in [0, 0.1) is 6.92 Å². The van der Waals surface area contributed by atoms with Gasteiger partial charge in [-0.05, 0) is 51.4 Å². The van der Waals surface area contributed by atoms with Gasteiger partial charge in [-0.25, -0.2) is 0 Å². The molecule has 0 aliphatic rings. The molecule has 0 nitrogen and oxygen atoms in total. The van der Waals surface area contributed by atoms with Crippen LogP contribution in [0.4, 0.5) is 0 Å². The summed E-state index contributed by atoms with van der Waals surface area (Å²) in [4.78, 5) is 0. The second-order valence-electron chi connectivity index (χ2n) is 7.87. The van der Waals surface area contributed by atoms with E-state index >= 15 is 0 Å². The monoisotopic (exact) mass is 396 g/mol. The first-order chi connectivity index (χ1) is 15.3. The van der Waals surface area contributed by atoms with Crippen LogP contribution in [0.1, 0.15) is 5.56 Å². The van der Waals surface area contributed by atoms with E-state index in [4.69, 9.17) is 0 Å². The topological polar surface area (TPSA) is 0 Å². The number of rotatable bonds is 4. The molecule has 0 heterocycles. The first kappa shape index (κ1) is 19.1. The Morgan fingerprint density at radius 2 is 0.677 bits per heavy atom. The Labute approximate surface area is 184 Å². The van der Waals surface area contributed by atoms with Crippen LogP contribution in [0.15, 0.2) is 127 Å². The highest BCUT2D eigenvalue weighted by Crippen LogP contribution is 2.45. The van der Waals surface area contributed by atoms with Gasteiger partial charge in [0.25, 0.3) is 0 Å². The van der Waals surface area contributed by atoms with E-state index in [1.54, 1.807) is 0 Å². The molecular weight excluding hydrogens is 372 g/mol. The molecule has 0 heteroatoms. The smallest absolute Gasteiger partial charge is 0.00206 e. The number of hydrogen-bond acceptors (Lipinski definition) is 0. The predicted octanol–water partition coefficient (Wildman–Crippen LogP) is 8.66. The van der Waals surface area contributed by atoms with Crippen molar-refractivity contribution in [1.82, 2.24) is 0 Å². The third-order valence-corrected chi connectivity index (χ3v) is 5.78. The van der Waals surface area contributed by atoms with Gasteiger partial charge >= 0.3 is 0 Å². The zero-order valence-corrected chi connectivity index (χ0v) is 17.6. The quantitative estimate of drug-likeness (QED) is 0.285. The van der Waals surface area contributed by atoms with Gasteiger partial charge in [-0.1, -0.05) is 133 Å². The van der Waals surface area contributed by atoms with E-state index in [2.05, 4.69) is 134 Å². The van der Waals surface area contributed by atoms with Crippen LogP contribution in [0.2, 0.25) is 0 Å². The lowest BCUT2D eigenvalue weighted by Crippen LogP contribution is -1.94. The summed E-state index contributed by atoms with van der Waals surface area (Å²) < 4.78 is 0. The Balaban J connectivity index is 1.90. The molecule has 0 saturated carbocycles. The summed E-state index contributed by atoms with van der Waals surface area (Å²) in [5.41, 5.74) is 11.3. The van der Waals surface area contributed by atoms with Crippen LogP contribution in [-0.4, -0.2) is 0 Å². The lowest BCUT2D eigenvalue weighted by Gasteiger charge is -2.21. The van der Waals surface area contributed by atoms with Crippen LogP contribution in [0.3, 0.4) is 0 Å². The molecule has 0 N–H and O–H groups in total. The van der Waals surface area contributed by atoms with E-state index in [0.29, 0.717) is 0 Å². The van der Waals surface area contributed by atoms with Gasteiger partial charge < -0.3 is 0 Å². The van der Waals surface area contributed by atoms with Crippen molar-refractivity contribution in [3.05, 3.63) is 133 Å². The third kappa shape index (κ3) is 3.81. The molecule has 0 saturated heterocycles. The maximum atomic E-state index is 2.28. The maximum absolute atomic E-state index is 2.28. The number of aryl methyl sites for hydroxylation is 1. The van der Waals surface area contributed by atoms with Gasteiger partial charge in [0.1, 0.15) is 0 Å². The summed E-state index contributed by atoms with van der Waals surface area (Å²) in [5, 5.41) is 0. The van der Waals surface area contributed by atoms with E-state index in [1.165, 1.54) is 50.1 Å². The molecule has 0 aliphatic heterocycles. The van der Waals surface area contributed by atoms with Crippen LogP contribution in [0.5, 0.6) is 0 Å². The molecule has 5 aromatic carbocycles. The van der Waals surface area contributed by atoms with Crippen LogP contribution in [-0.2, 0) is 0 Å². The first-order valence-corrected chi connectivity index (χ1v) is 10.7. The van der Waals surface area contributed by atoms with E-state index in [0.717, 1.165) is 0 Å².